The Morgan fingerprint density at radius 2 is 2.07 bits per heavy atom. The highest BCUT2D eigenvalue weighted by Gasteiger charge is 2.25. The van der Waals surface area contributed by atoms with Crippen molar-refractivity contribution in [2.45, 2.75) is 46.2 Å². The molecule has 1 aliphatic rings. The number of nitrogens with one attached hydrogen (secondary N) is 2. The van der Waals surface area contributed by atoms with Crippen LogP contribution in [0, 0.1) is 0 Å². The van der Waals surface area contributed by atoms with E-state index in [1.807, 2.05) is 43.9 Å². The second kappa shape index (κ2) is 12.7. The fraction of sp³-hybridized carbons (Fsp3) is 0.600. The molecular formula is C20H33IN4O3. The summed E-state index contributed by atoms with van der Waals surface area (Å²) < 4.78 is 11.0. The van der Waals surface area contributed by atoms with Gasteiger partial charge in [0, 0.05) is 32.1 Å². The van der Waals surface area contributed by atoms with Crippen LogP contribution in [-0.2, 0) is 11.3 Å². The van der Waals surface area contributed by atoms with Crippen molar-refractivity contribution >= 4 is 35.8 Å². The first-order valence-corrected chi connectivity index (χ1v) is 9.73. The van der Waals surface area contributed by atoms with Gasteiger partial charge in [0.05, 0.1) is 20.3 Å². The van der Waals surface area contributed by atoms with Crippen LogP contribution in [-0.4, -0.2) is 56.2 Å². The SMILES string of the molecule is CCNC(=NCc1ccc(OC)c(OCC)c1)NC1CCN(C(=O)CC)C1.I. The average molecular weight is 504 g/mol. The third-order valence-electron chi connectivity index (χ3n) is 4.48. The molecule has 1 aromatic carbocycles. The van der Waals surface area contributed by atoms with Gasteiger partial charge in [0.25, 0.3) is 0 Å². The summed E-state index contributed by atoms with van der Waals surface area (Å²) in [6.45, 7) is 9.33. The summed E-state index contributed by atoms with van der Waals surface area (Å²) in [5, 5.41) is 6.73. The van der Waals surface area contributed by atoms with E-state index in [-0.39, 0.29) is 35.9 Å². The second-order valence-corrected chi connectivity index (χ2v) is 6.44. The molecule has 8 heteroatoms. The van der Waals surface area contributed by atoms with Gasteiger partial charge in [-0.15, -0.1) is 24.0 Å². The summed E-state index contributed by atoms with van der Waals surface area (Å²) in [4.78, 5) is 18.5. The Morgan fingerprint density at radius 3 is 2.71 bits per heavy atom. The largest absolute Gasteiger partial charge is 0.493 e. The molecule has 1 amide bonds. The number of halogens is 1. The predicted octanol–water partition coefficient (Wildman–Crippen LogP) is 2.78. The molecule has 0 aliphatic carbocycles. The lowest BCUT2D eigenvalue weighted by atomic mass is 10.2. The molecule has 1 unspecified atom stereocenters. The van der Waals surface area contributed by atoms with E-state index in [2.05, 4.69) is 15.6 Å². The molecule has 0 spiro atoms. The molecule has 0 bridgehead atoms. The van der Waals surface area contributed by atoms with E-state index in [4.69, 9.17) is 9.47 Å². The Bertz CT molecular complexity index is 654. The van der Waals surface area contributed by atoms with Crippen molar-refractivity contribution in [3.05, 3.63) is 23.8 Å². The zero-order valence-corrected chi connectivity index (χ0v) is 19.6. The molecule has 7 nitrogen and oxygen atoms in total. The monoisotopic (exact) mass is 504 g/mol. The molecule has 158 valence electrons. The third kappa shape index (κ3) is 7.03. The van der Waals surface area contributed by atoms with Crippen LogP contribution in [0.1, 0.15) is 39.2 Å². The van der Waals surface area contributed by atoms with Crippen molar-refractivity contribution in [3.63, 3.8) is 0 Å². The molecule has 1 aromatic rings. The molecule has 0 saturated carbocycles. The molecule has 1 atom stereocenters. The number of methoxy groups -OCH3 is 1. The molecule has 0 aromatic heterocycles. The van der Waals surface area contributed by atoms with Crippen molar-refractivity contribution in [1.82, 2.24) is 15.5 Å². The third-order valence-corrected chi connectivity index (χ3v) is 4.48. The lowest BCUT2D eigenvalue weighted by Crippen LogP contribution is -2.45. The zero-order valence-electron chi connectivity index (χ0n) is 17.3. The molecule has 2 rings (SSSR count). The van der Waals surface area contributed by atoms with Gasteiger partial charge in [0.15, 0.2) is 17.5 Å². The predicted molar refractivity (Wildman–Crippen MR) is 123 cm³/mol. The standard InChI is InChI=1S/C20H32N4O3.HI/c1-5-19(25)24-11-10-16(14-24)23-20(21-6-2)22-13-15-8-9-17(26-4)18(12-15)27-7-3;/h8-9,12,16H,5-7,10-11,13-14H2,1-4H3,(H2,21,22,23);1H. The summed E-state index contributed by atoms with van der Waals surface area (Å²) >= 11 is 0. The number of amides is 1. The van der Waals surface area contributed by atoms with Crippen LogP contribution in [0.4, 0.5) is 0 Å². The van der Waals surface area contributed by atoms with Crippen molar-refractivity contribution in [2.75, 3.05) is 33.4 Å². The highest BCUT2D eigenvalue weighted by Crippen LogP contribution is 2.28. The minimum Gasteiger partial charge on any atom is -0.493 e. The number of ether oxygens (including phenoxy) is 2. The van der Waals surface area contributed by atoms with E-state index in [0.29, 0.717) is 19.6 Å². The number of aliphatic imine (C=N–C) groups is 1. The number of nitrogens with zero attached hydrogens (tertiary/aromatic N) is 2. The van der Waals surface area contributed by atoms with Crippen LogP contribution in [0.15, 0.2) is 23.2 Å². The van der Waals surface area contributed by atoms with Gasteiger partial charge in [-0.2, -0.15) is 0 Å². The van der Waals surface area contributed by atoms with Crippen LogP contribution in [0.2, 0.25) is 0 Å². The number of rotatable bonds is 8. The first-order chi connectivity index (χ1) is 13.1. The molecule has 0 radical (unpaired) electrons. The van der Waals surface area contributed by atoms with E-state index >= 15 is 0 Å². The maximum Gasteiger partial charge on any atom is 0.222 e. The Balaban J connectivity index is 0.00000392. The van der Waals surface area contributed by atoms with Crippen LogP contribution in [0.25, 0.3) is 0 Å². The molecule has 28 heavy (non-hydrogen) atoms. The fourth-order valence-electron chi connectivity index (χ4n) is 3.10. The molecule has 1 heterocycles. The van der Waals surface area contributed by atoms with Crippen molar-refractivity contribution < 1.29 is 14.3 Å². The van der Waals surface area contributed by atoms with Gasteiger partial charge in [0.2, 0.25) is 5.91 Å². The Labute approximate surface area is 185 Å². The maximum atomic E-state index is 11.8. The number of benzene rings is 1. The summed E-state index contributed by atoms with van der Waals surface area (Å²) in [6.07, 6.45) is 1.49. The van der Waals surface area contributed by atoms with Gasteiger partial charge >= 0.3 is 0 Å². The van der Waals surface area contributed by atoms with Crippen molar-refractivity contribution in [3.8, 4) is 11.5 Å². The molecule has 1 aliphatic heterocycles. The van der Waals surface area contributed by atoms with Crippen LogP contribution in [0.3, 0.4) is 0 Å². The Hall–Kier alpha value is -1.71. The molecule has 1 saturated heterocycles. The van der Waals surface area contributed by atoms with Gasteiger partial charge < -0.3 is 25.0 Å². The minimum absolute atomic E-state index is 0. The highest BCUT2D eigenvalue weighted by molar-refractivity contribution is 14.0. The number of guanidine groups is 1. The topological polar surface area (TPSA) is 75.2 Å². The second-order valence-electron chi connectivity index (χ2n) is 6.44. The van der Waals surface area contributed by atoms with Crippen LogP contribution in [0.5, 0.6) is 11.5 Å². The lowest BCUT2D eigenvalue weighted by molar-refractivity contribution is -0.129. The quantitative estimate of drug-likeness (QED) is 0.324. The van der Waals surface area contributed by atoms with Gasteiger partial charge in [-0.05, 0) is 38.0 Å². The fourth-order valence-corrected chi connectivity index (χ4v) is 3.10. The zero-order chi connectivity index (χ0) is 19.6. The number of likely N-dealkylation sites (tertiary alicyclic amines) is 1. The number of hydrogen-bond donors (Lipinski definition) is 2. The van der Waals surface area contributed by atoms with Crippen molar-refractivity contribution in [2.24, 2.45) is 4.99 Å². The van der Waals surface area contributed by atoms with Crippen LogP contribution >= 0.6 is 24.0 Å². The smallest absolute Gasteiger partial charge is 0.222 e. The first kappa shape index (κ1) is 24.3. The van der Waals surface area contributed by atoms with Crippen LogP contribution < -0.4 is 20.1 Å². The van der Waals surface area contributed by atoms with Gasteiger partial charge in [-0.25, -0.2) is 4.99 Å². The van der Waals surface area contributed by atoms with Gasteiger partial charge in [0.1, 0.15) is 0 Å². The summed E-state index contributed by atoms with van der Waals surface area (Å²) in [5.74, 6) is 2.43. The van der Waals surface area contributed by atoms with Gasteiger partial charge in [-0.1, -0.05) is 13.0 Å². The minimum atomic E-state index is 0. The number of carbonyl (C=O) groups is 1. The number of carbonyl (C=O) groups excluding carboxylic acids is 1. The van der Waals surface area contributed by atoms with E-state index in [1.54, 1.807) is 7.11 Å². The molecule has 1 fully saturated rings. The average Bonchev–Trinajstić information content (AvgIpc) is 3.14. The van der Waals surface area contributed by atoms with E-state index in [9.17, 15) is 4.79 Å². The van der Waals surface area contributed by atoms with E-state index < -0.39 is 0 Å². The first-order valence-electron chi connectivity index (χ1n) is 9.73. The number of hydrogen-bond acceptors (Lipinski definition) is 4. The molecular weight excluding hydrogens is 471 g/mol. The maximum absolute atomic E-state index is 11.8. The van der Waals surface area contributed by atoms with E-state index in [0.717, 1.165) is 49.1 Å². The van der Waals surface area contributed by atoms with Crippen molar-refractivity contribution in [1.29, 1.82) is 0 Å². The lowest BCUT2D eigenvalue weighted by Gasteiger charge is -2.18. The van der Waals surface area contributed by atoms with Gasteiger partial charge in [-0.3, -0.25) is 4.79 Å². The summed E-state index contributed by atoms with van der Waals surface area (Å²) in [5.41, 5.74) is 1.05. The Morgan fingerprint density at radius 1 is 1.29 bits per heavy atom. The summed E-state index contributed by atoms with van der Waals surface area (Å²) in [7, 11) is 1.64. The summed E-state index contributed by atoms with van der Waals surface area (Å²) in [6, 6.07) is 6.09. The normalized spacial score (nSPS) is 16.4. The molecule has 2 N–H and O–H groups in total. The Kier molecular flexibility index (Phi) is 11.0. The highest BCUT2D eigenvalue weighted by atomic mass is 127. The van der Waals surface area contributed by atoms with E-state index in [1.165, 1.54) is 0 Å².